The lowest BCUT2D eigenvalue weighted by molar-refractivity contribution is 0.280. The Hall–Kier alpha value is -4.31. The van der Waals surface area contributed by atoms with Gasteiger partial charge in [0.2, 0.25) is 0 Å². The summed E-state index contributed by atoms with van der Waals surface area (Å²) in [5.41, 5.74) is 4.25. The van der Waals surface area contributed by atoms with E-state index in [1.54, 1.807) is 29.3 Å². The van der Waals surface area contributed by atoms with E-state index in [4.69, 9.17) is 9.15 Å². The van der Waals surface area contributed by atoms with Gasteiger partial charge in [-0.3, -0.25) is 9.25 Å². The molecule has 0 atom stereocenters. The van der Waals surface area contributed by atoms with E-state index in [0.29, 0.717) is 36.0 Å². The van der Waals surface area contributed by atoms with Gasteiger partial charge in [0.25, 0.3) is 0 Å². The first-order chi connectivity index (χ1) is 17.5. The van der Waals surface area contributed by atoms with E-state index in [1.807, 2.05) is 57.7 Å². The van der Waals surface area contributed by atoms with Crippen molar-refractivity contribution in [2.24, 2.45) is 7.05 Å². The van der Waals surface area contributed by atoms with Crippen LogP contribution in [0.15, 0.2) is 70.4 Å². The second-order valence-electron chi connectivity index (χ2n) is 8.82. The van der Waals surface area contributed by atoms with E-state index in [1.165, 1.54) is 4.57 Å². The van der Waals surface area contributed by atoms with Crippen LogP contribution in [0.1, 0.15) is 12.0 Å². The Morgan fingerprint density at radius 2 is 1.89 bits per heavy atom. The molecule has 0 saturated heterocycles. The van der Waals surface area contributed by atoms with Gasteiger partial charge >= 0.3 is 5.76 Å². The van der Waals surface area contributed by atoms with Crippen molar-refractivity contribution in [2.45, 2.75) is 13.0 Å². The molecule has 36 heavy (non-hydrogen) atoms. The van der Waals surface area contributed by atoms with E-state index in [2.05, 4.69) is 25.0 Å². The molecule has 0 fully saturated rings. The predicted octanol–water partition coefficient (Wildman–Crippen LogP) is 3.23. The summed E-state index contributed by atoms with van der Waals surface area (Å²) >= 11 is 0. The Labute approximate surface area is 207 Å². The van der Waals surface area contributed by atoms with Crippen LogP contribution in [0.3, 0.4) is 0 Å². The molecule has 0 radical (unpaired) electrons. The van der Waals surface area contributed by atoms with E-state index in [0.717, 1.165) is 35.3 Å². The largest absolute Gasteiger partial charge is 0.490 e. The number of hydrogen-bond acceptors (Lipinski definition) is 8. The van der Waals surface area contributed by atoms with E-state index < -0.39 is 5.76 Å². The molecule has 0 saturated carbocycles. The Morgan fingerprint density at radius 1 is 1.06 bits per heavy atom. The number of oxazole rings is 1. The molecule has 4 aromatic heterocycles. The second kappa shape index (κ2) is 10.1. The molecule has 0 amide bonds. The lowest BCUT2D eigenvalue weighted by Crippen LogP contribution is -2.15. The standard InChI is InChI=1S/C26H27N7O3/c1-31(2)10-5-11-35-21-14-27-24(28-15-21)19-7-4-6-18(12-19)16-33-25-23(36-26(33)34)9-8-22(30-25)20-13-29-32(3)17-20/h4,6-9,12-15,17H,5,10-11,16H2,1-3H3. The van der Waals surface area contributed by atoms with Crippen molar-refractivity contribution in [2.75, 3.05) is 27.2 Å². The van der Waals surface area contributed by atoms with Crippen molar-refractivity contribution < 1.29 is 9.15 Å². The Bertz CT molecular complexity index is 1530. The molecular weight excluding hydrogens is 458 g/mol. The summed E-state index contributed by atoms with van der Waals surface area (Å²) in [7, 11) is 5.92. The number of aromatic nitrogens is 6. The van der Waals surface area contributed by atoms with Gasteiger partial charge in [-0.05, 0) is 44.3 Å². The van der Waals surface area contributed by atoms with Gasteiger partial charge in [-0.15, -0.1) is 0 Å². The van der Waals surface area contributed by atoms with Crippen LogP contribution in [-0.2, 0) is 13.6 Å². The summed E-state index contributed by atoms with van der Waals surface area (Å²) in [5, 5.41) is 4.20. The maximum Gasteiger partial charge on any atom is 0.421 e. The number of pyridine rings is 1. The van der Waals surface area contributed by atoms with Crippen molar-refractivity contribution in [3.63, 3.8) is 0 Å². The predicted molar refractivity (Wildman–Crippen MR) is 136 cm³/mol. The quantitative estimate of drug-likeness (QED) is 0.293. The van der Waals surface area contributed by atoms with Gasteiger partial charge in [0, 0.05) is 30.9 Å². The highest BCUT2D eigenvalue weighted by molar-refractivity contribution is 5.73. The fourth-order valence-electron chi connectivity index (χ4n) is 3.90. The van der Waals surface area contributed by atoms with Gasteiger partial charge in [0.15, 0.2) is 22.8 Å². The maximum atomic E-state index is 12.6. The lowest BCUT2D eigenvalue weighted by Gasteiger charge is -2.10. The van der Waals surface area contributed by atoms with Gasteiger partial charge < -0.3 is 14.1 Å². The van der Waals surface area contributed by atoms with Crippen molar-refractivity contribution in [1.29, 1.82) is 0 Å². The molecule has 10 heteroatoms. The maximum absolute atomic E-state index is 12.6. The fourth-order valence-corrected chi connectivity index (χ4v) is 3.90. The molecule has 0 N–H and O–H groups in total. The molecule has 10 nitrogen and oxygen atoms in total. The summed E-state index contributed by atoms with van der Waals surface area (Å²) in [6.07, 6.45) is 7.91. The molecule has 0 unspecified atom stereocenters. The zero-order valence-electron chi connectivity index (χ0n) is 20.5. The highest BCUT2D eigenvalue weighted by Gasteiger charge is 2.14. The number of aryl methyl sites for hydroxylation is 1. The van der Waals surface area contributed by atoms with Gasteiger partial charge in [-0.2, -0.15) is 5.10 Å². The first-order valence-electron chi connectivity index (χ1n) is 11.6. The van der Waals surface area contributed by atoms with E-state index >= 15 is 0 Å². The normalized spacial score (nSPS) is 11.4. The molecule has 0 bridgehead atoms. The number of ether oxygens (including phenoxy) is 1. The highest BCUT2D eigenvalue weighted by atomic mass is 16.5. The molecular formula is C26H27N7O3. The Kier molecular flexibility index (Phi) is 6.59. The van der Waals surface area contributed by atoms with Gasteiger partial charge in [-0.25, -0.2) is 19.7 Å². The number of benzene rings is 1. The van der Waals surface area contributed by atoms with E-state index in [-0.39, 0.29) is 0 Å². The molecule has 5 rings (SSSR count). The Balaban J connectivity index is 1.35. The summed E-state index contributed by atoms with van der Waals surface area (Å²) in [6.45, 7) is 1.87. The van der Waals surface area contributed by atoms with Crippen LogP contribution < -0.4 is 10.5 Å². The SMILES string of the molecule is CN(C)CCCOc1cnc(-c2cccc(Cn3c(=O)oc4ccc(-c5cnn(C)c5)nc43)c2)nc1. The smallest absolute Gasteiger partial charge is 0.421 e. The third-order valence-corrected chi connectivity index (χ3v) is 5.69. The summed E-state index contributed by atoms with van der Waals surface area (Å²) < 4.78 is 14.4. The lowest BCUT2D eigenvalue weighted by atomic mass is 10.1. The highest BCUT2D eigenvalue weighted by Crippen LogP contribution is 2.22. The molecule has 0 aliphatic rings. The first kappa shape index (κ1) is 23.4. The van der Waals surface area contributed by atoms with Crippen LogP contribution in [0.4, 0.5) is 0 Å². The zero-order chi connectivity index (χ0) is 25.1. The first-order valence-corrected chi connectivity index (χ1v) is 11.6. The molecule has 4 heterocycles. The molecule has 0 aliphatic carbocycles. The Morgan fingerprint density at radius 3 is 2.64 bits per heavy atom. The van der Waals surface area contributed by atoms with Crippen LogP contribution in [0.25, 0.3) is 33.9 Å². The zero-order valence-corrected chi connectivity index (χ0v) is 20.5. The third kappa shape index (κ3) is 5.18. The van der Waals surface area contributed by atoms with Crippen LogP contribution in [-0.4, -0.2) is 61.4 Å². The van der Waals surface area contributed by atoms with E-state index in [9.17, 15) is 4.79 Å². The minimum absolute atomic E-state index is 0.302. The van der Waals surface area contributed by atoms with Crippen LogP contribution in [0.5, 0.6) is 5.75 Å². The summed E-state index contributed by atoms with van der Waals surface area (Å²) in [6, 6.07) is 11.3. The van der Waals surface area contributed by atoms with Gasteiger partial charge in [-0.1, -0.05) is 18.2 Å². The molecule has 5 aromatic rings. The monoisotopic (exact) mass is 485 g/mol. The average Bonchev–Trinajstić information content (AvgIpc) is 3.44. The number of hydrogen-bond donors (Lipinski definition) is 0. The average molecular weight is 486 g/mol. The minimum atomic E-state index is -0.460. The van der Waals surface area contributed by atoms with Gasteiger partial charge in [0.05, 0.1) is 37.4 Å². The number of nitrogens with zero attached hydrogens (tertiary/aromatic N) is 7. The molecule has 184 valence electrons. The van der Waals surface area contributed by atoms with Crippen molar-refractivity contribution in [1.82, 2.24) is 34.2 Å². The summed E-state index contributed by atoms with van der Waals surface area (Å²) in [5.74, 6) is 0.762. The van der Waals surface area contributed by atoms with Gasteiger partial charge in [0.1, 0.15) is 0 Å². The van der Waals surface area contributed by atoms with Crippen LogP contribution in [0, 0.1) is 0 Å². The molecule has 1 aromatic carbocycles. The van der Waals surface area contributed by atoms with Crippen LogP contribution in [0.2, 0.25) is 0 Å². The molecule has 0 aliphatic heterocycles. The molecule has 0 spiro atoms. The number of rotatable bonds is 9. The fraction of sp³-hybridized carbons (Fsp3) is 0.269. The topological polar surface area (TPSA) is 104 Å². The minimum Gasteiger partial charge on any atom is -0.490 e. The second-order valence-corrected chi connectivity index (χ2v) is 8.82. The van der Waals surface area contributed by atoms with Crippen molar-refractivity contribution >= 4 is 11.2 Å². The van der Waals surface area contributed by atoms with Crippen molar-refractivity contribution in [3.8, 4) is 28.4 Å². The van der Waals surface area contributed by atoms with Crippen LogP contribution >= 0.6 is 0 Å². The van der Waals surface area contributed by atoms with Crippen molar-refractivity contribution in [3.05, 3.63) is 77.3 Å². The number of fused-ring (bicyclic) bond motifs is 1. The summed E-state index contributed by atoms with van der Waals surface area (Å²) in [4.78, 5) is 28.4. The third-order valence-electron chi connectivity index (χ3n) is 5.69.